The van der Waals surface area contributed by atoms with Crippen molar-refractivity contribution in [2.75, 3.05) is 0 Å². The van der Waals surface area contributed by atoms with E-state index in [1.54, 1.807) is 0 Å². The van der Waals surface area contributed by atoms with E-state index in [1.165, 1.54) is 0 Å². The van der Waals surface area contributed by atoms with Crippen LogP contribution >= 0.6 is 0 Å². The quantitative estimate of drug-likeness (QED) is 0.449. The second kappa shape index (κ2) is 11.1. The molecule has 22 heavy (non-hydrogen) atoms. The zero-order chi connectivity index (χ0) is 16.7. The topological polar surface area (TPSA) is 142 Å². The molecule has 0 spiro atoms. The second-order valence-electron chi connectivity index (χ2n) is 5.97. The van der Waals surface area contributed by atoms with Gasteiger partial charge in [-0.2, -0.15) is 0 Å². The largest absolute Gasteiger partial charge is 2.00 e. The van der Waals surface area contributed by atoms with Gasteiger partial charge in [0.15, 0.2) is 0 Å². The molecule has 7 nitrogen and oxygen atoms in total. The number of carboxylic acids is 2. The maximum Gasteiger partial charge on any atom is 2.00 e. The number of fused-ring (bicyclic) bond motifs is 2. The van der Waals surface area contributed by atoms with Crippen molar-refractivity contribution < 1.29 is 45.6 Å². The molecule has 0 aliphatic carbocycles. The molecule has 2 aliphatic rings. The van der Waals surface area contributed by atoms with Gasteiger partial charge in [0.1, 0.15) is 0 Å². The Hall–Kier alpha value is -0.492. The molecule has 132 valence electrons. The SMILES string of the molecule is CC(C)N.CC(C)N.O=C([O-])C1C2CCC(O2)C1C(=O)[O-].[Pt+2]. The smallest absolute Gasteiger partial charge is 0.550 e. The minimum atomic E-state index is -1.35. The van der Waals surface area contributed by atoms with E-state index in [2.05, 4.69) is 0 Å². The summed E-state index contributed by atoms with van der Waals surface area (Å²) in [5, 5.41) is 21.2. The fraction of sp³-hybridized carbons (Fsp3) is 0.857. The first kappa shape index (κ1) is 23.8. The van der Waals surface area contributed by atoms with Crippen LogP contribution in [-0.2, 0) is 35.4 Å². The summed E-state index contributed by atoms with van der Waals surface area (Å²) in [6, 6.07) is 0.667. The van der Waals surface area contributed by atoms with E-state index in [1.807, 2.05) is 27.7 Å². The Balaban J connectivity index is 0. The number of carbonyl (C=O) groups excluding carboxylic acids is 2. The van der Waals surface area contributed by atoms with Gasteiger partial charge in [0.25, 0.3) is 0 Å². The Morgan fingerprint density at radius 1 is 0.909 bits per heavy atom. The monoisotopic (exact) mass is 497 g/mol. The van der Waals surface area contributed by atoms with Crippen molar-refractivity contribution >= 4 is 11.9 Å². The van der Waals surface area contributed by atoms with Crippen molar-refractivity contribution in [3.05, 3.63) is 0 Å². The standard InChI is InChI=1S/C8H10O5.2C3H9N.Pt/c9-7(10)5-3-1-2-4(13-3)6(5)8(11)12;2*1-3(2)4;/h3-6H,1-2H2,(H,9,10)(H,11,12);2*3H,4H2,1-2H3;/q;;;+2/p-2. The maximum atomic E-state index is 10.6. The molecule has 0 aromatic heterocycles. The molecule has 2 heterocycles. The summed E-state index contributed by atoms with van der Waals surface area (Å²) in [6.07, 6.45) is 0.232. The van der Waals surface area contributed by atoms with Crippen LogP contribution in [0.1, 0.15) is 40.5 Å². The van der Waals surface area contributed by atoms with Crippen molar-refractivity contribution in [2.45, 2.75) is 64.8 Å². The average molecular weight is 497 g/mol. The molecule has 8 heteroatoms. The van der Waals surface area contributed by atoms with Crippen molar-refractivity contribution in [3.63, 3.8) is 0 Å². The van der Waals surface area contributed by atoms with E-state index in [0.717, 1.165) is 0 Å². The minimum Gasteiger partial charge on any atom is -0.550 e. The molecule has 2 aliphatic heterocycles. The van der Waals surface area contributed by atoms with E-state index in [0.29, 0.717) is 24.9 Å². The number of hydrogen-bond donors (Lipinski definition) is 2. The molecule has 0 saturated carbocycles. The minimum absolute atomic E-state index is 0. The van der Waals surface area contributed by atoms with Gasteiger partial charge < -0.3 is 36.0 Å². The number of hydrogen-bond acceptors (Lipinski definition) is 7. The summed E-state index contributed by atoms with van der Waals surface area (Å²) < 4.78 is 5.18. The molecule has 0 amide bonds. The number of rotatable bonds is 2. The Bertz CT molecular complexity index is 315. The number of ether oxygens (including phenoxy) is 1. The molecule has 0 aromatic carbocycles. The molecule has 2 bridgehead atoms. The molecule has 4 N–H and O–H groups in total. The van der Waals surface area contributed by atoms with Gasteiger partial charge in [0.2, 0.25) is 0 Å². The normalized spacial score (nSPS) is 28.2. The molecule has 0 radical (unpaired) electrons. The van der Waals surface area contributed by atoms with E-state index >= 15 is 0 Å². The molecule has 2 saturated heterocycles. The van der Waals surface area contributed by atoms with Crippen LogP contribution in [0.3, 0.4) is 0 Å². The summed E-state index contributed by atoms with van der Waals surface area (Å²) in [5.74, 6) is -4.74. The maximum absolute atomic E-state index is 10.6. The zero-order valence-electron chi connectivity index (χ0n) is 13.4. The predicted molar refractivity (Wildman–Crippen MR) is 73.5 cm³/mol. The van der Waals surface area contributed by atoms with Gasteiger partial charge in [-0.3, -0.25) is 0 Å². The average Bonchev–Trinajstić information content (AvgIpc) is 2.85. The first-order chi connectivity index (χ1) is 9.57. The van der Waals surface area contributed by atoms with Gasteiger partial charge in [0, 0.05) is 23.8 Å². The zero-order valence-corrected chi connectivity index (χ0v) is 15.7. The molecular weight excluding hydrogens is 471 g/mol. The van der Waals surface area contributed by atoms with Crippen LogP contribution in [0.2, 0.25) is 0 Å². The van der Waals surface area contributed by atoms with Crippen molar-refractivity contribution in [3.8, 4) is 0 Å². The van der Waals surface area contributed by atoms with E-state index < -0.39 is 36.0 Å². The van der Waals surface area contributed by atoms with Crippen molar-refractivity contribution in [1.29, 1.82) is 0 Å². The molecule has 4 atom stereocenters. The van der Waals surface area contributed by atoms with Gasteiger partial charge in [-0.15, -0.1) is 0 Å². The number of nitrogens with two attached hydrogens (primary N) is 2. The Morgan fingerprint density at radius 3 is 1.32 bits per heavy atom. The Labute approximate surface area is 146 Å². The summed E-state index contributed by atoms with van der Waals surface area (Å²) >= 11 is 0. The third-order valence-electron chi connectivity index (χ3n) is 2.82. The first-order valence-corrected chi connectivity index (χ1v) is 7.16. The van der Waals surface area contributed by atoms with Crippen LogP contribution in [0.4, 0.5) is 0 Å². The van der Waals surface area contributed by atoms with Crippen molar-refractivity contribution in [1.82, 2.24) is 0 Å². The molecule has 0 aromatic rings. The van der Waals surface area contributed by atoms with Crippen LogP contribution in [0.25, 0.3) is 0 Å². The van der Waals surface area contributed by atoms with E-state index in [9.17, 15) is 19.8 Å². The van der Waals surface area contributed by atoms with Gasteiger partial charge in [-0.05, 0) is 24.9 Å². The van der Waals surface area contributed by atoms with Crippen LogP contribution in [0, 0.1) is 11.8 Å². The number of carbonyl (C=O) groups is 2. The van der Waals surface area contributed by atoms with Crippen LogP contribution < -0.4 is 21.7 Å². The Morgan fingerprint density at radius 2 is 1.14 bits per heavy atom. The third kappa shape index (κ3) is 8.22. The molecule has 2 fully saturated rings. The van der Waals surface area contributed by atoms with Crippen LogP contribution in [0.5, 0.6) is 0 Å². The summed E-state index contributed by atoms with van der Waals surface area (Å²) in [5.41, 5.74) is 10.2. The van der Waals surface area contributed by atoms with E-state index in [-0.39, 0.29) is 21.1 Å². The van der Waals surface area contributed by atoms with Crippen LogP contribution in [0.15, 0.2) is 0 Å². The fourth-order valence-electron chi connectivity index (χ4n) is 2.28. The molecular formula is C14H26N2O5Pt. The first-order valence-electron chi connectivity index (χ1n) is 7.16. The molecule has 2 rings (SSSR count). The number of carboxylic acid groups (broad SMARTS) is 2. The summed E-state index contributed by atoms with van der Waals surface area (Å²) in [7, 11) is 0. The van der Waals surface area contributed by atoms with Crippen molar-refractivity contribution in [2.24, 2.45) is 23.3 Å². The van der Waals surface area contributed by atoms with Gasteiger partial charge in [0.05, 0.1) is 12.2 Å². The summed E-state index contributed by atoms with van der Waals surface area (Å²) in [4.78, 5) is 21.2. The fourth-order valence-corrected chi connectivity index (χ4v) is 2.28. The molecule has 4 unspecified atom stereocenters. The Kier molecular flexibility index (Phi) is 12.0. The van der Waals surface area contributed by atoms with Crippen LogP contribution in [-0.4, -0.2) is 36.2 Å². The predicted octanol–water partition coefficient (Wildman–Crippen LogP) is -2.02. The number of aliphatic carboxylic acids is 2. The second-order valence-corrected chi connectivity index (χ2v) is 5.97. The van der Waals surface area contributed by atoms with Gasteiger partial charge in [-0.1, -0.05) is 27.7 Å². The van der Waals surface area contributed by atoms with E-state index in [4.69, 9.17) is 16.2 Å². The summed E-state index contributed by atoms with van der Waals surface area (Å²) in [6.45, 7) is 7.78. The van der Waals surface area contributed by atoms with Gasteiger partial charge >= 0.3 is 21.1 Å². The van der Waals surface area contributed by atoms with Gasteiger partial charge in [-0.25, -0.2) is 0 Å². The third-order valence-corrected chi connectivity index (χ3v) is 2.82.